The van der Waals surface area contributed by atoms with Gasteiger partial charge in [0.2, 0.25) is 11.7 Å². The molecule has 1 unspecified atom stereocenters. The number of imidazole rings is 1. The van der Waals surface area contributed by atoms with E-state index in [1.165, 1.54) is 13.5 Å². The normalized spacial score (nSPS) is 12.6. The number of hydrogen-bond acceptors (Lipinski definition) is 5. The SMILES string of the molecule is CCCCn1c(=O)c2c(nc3n(Cc4ccccc4)c(O)c(C(C)CC)c(=O)n23)n(CCCC)c1=O. The summed E-state index contributed by atoms with van der Waals surface area (Å²) in [6, 6.07) is 9.56. The largest absolute Gasteiger partial charge is 0.494 e. The Morgan fingerprint density at radius 3 is 2.14 bits per heavy atom. The first-order chi connectivity index (χ1) is 17.3. The van der Waals surface area contributed by atoms with Crippen molar-refractivity contribution in [3.63, 3.8) is 0 Å². The second-order valence-corrected chi connectivity index (χ2v) is 9.44. The summed E-state index contributed by atoms with van der Waals surface area (Å²) < 4.78 is 5.62. The van der Waals surface area contributed by atoms with E-state index in [4.69, 9.17) is 0 Å². The maximum absolute atomic E-state index is 13.8. The van der Waals surface area contributed by atoms with E-state index in [1.54, 1.807) is 4.57 Å². The number of aryl methyl sites for hydroxylation is 1. The molecular weight excluding hydrogens is 458 g/mol. The fourth-order valence-corrected chi connectivity index (χ4v) is 4.64. The van der Waals surface area contributed by atoms with Crippen LogP contribution in [0.4, 0.5) is 0 Å². The van der Waals surface area contributed by atoms with Crippen LogP contribution in [0.25, 0.3) is 16.9 Å². The van der Waals surface area contributed by atoms with Crippen molar-refractivity contribution in [2.45, 2.75) is 85.4 Å². The molecule has 0 bridgehead atoms. The Hall–Kier alpha value is -3.62. The number of aromatic nitrogens is 5. The molecular formula is C27H35N5O4. The Kier molecular flexibility index (Phi) is 7.47. The van der Waals surface area contributed by atoms with Gasteiger partial charge in [0, 0.05) is 13.1 Å². The molecule has 4 aromatic rings. The number of unbranched alkanes of at least 4 members (excludes halogenated alkanes) is 2. The summed E-state index contributed by atoms with van der Waals surface area (Å²) in [5, 5.41) is 11.3. The van der Waals surface area contributed by atoms with E-state index in [0.717, 1.165) is 24.8 Å². The first kappa shape index (κ1) is 25.5. The van der Waals surface area contributed by atoms with Gasteiger partial charge in [0.05, 0.1) is 12.1 Å². The number of fused-ring (bicyclic) bond motifs is 3. The Labute approximate surface area is 209 Å². The van der Waals surface area contributed by atoms with E-state index in [0.29, 0.717) is 19.4 Å². The van der Waals surface area contributed by atoms with Gasteiger partial charge in [-0.15, -0.1) is 0 Å². The van der Waals surface area contributed by atoms with Crippen molar-refractivity contribution in [3.8, 4) is 5.88 Å². The molecule has 1 N–H and O–H groups in total. The fraction of sp³-hybridized carbons (Fsp3) is 0.481. The molecule has 3 aromatic heterocycles. The molecule has 0 saturated carbocycles. The number of hydrogen-bond donors (Lipinski definition) is 1. The van der Waals surface area contributed by atoms with Crippen LogP contribution in [0.2, 0.25) is 0 Å². The number of aromatic hydroxyl groups is 1. The Morgan fingerprint density at radius 1 is 0.889 bits per heavy atom. The monoisotopic (exact) mass is 493 g/mol. The first-order valence-corrected chi connectivity index (χ1v) is 12.9. The molecule has 1 atom stereocenters. The number of nitrogens with zero attached hydrogens (tertiary/aromatic N) is 5. The summed E-state index contributed by atoms with van der Waals surface area (Å²) in [7, 11) is 0. The van der Waals surface area contributed by atoms with Gasteiger partial charge in [-0.3, -0.25) is 23.3 Å². The fourth-order valence-electron chi connectivity index (χ4n) is 4.64. The molecule has 192 valence electrons. The van der Waals surface area contributed by atoms with Gasteiger partial charge >= 0.3 is 5.69 Å². The van der Waals surface area contributed by atoms with Crippen molar-refractivity contribution in [2.75, 3.05) is 0 Å². The van der Waals surface area contributed by atoms with E-state index < -0.39 is 16.8 Å². The second-order valence-electron chi connectivity index (χ2n) is 9.44. The maximum atomic E-state index is 13.8. The van der Waals surface area contributed by atoms with Crippen LogP contribution in [-0.4, -0.2) is 28.2 Å². The Morgan fingerprint density at radius 2 is 1.53 bits per heavy atom. The molecule has 3 heterocycles. The molecule has 0 amide bonds. The Bertz CT molecular complexity index is 1560. The predicted molar refractivity (Wildman–Crippen MR) is 141 cm³/mol. The van der Waals surface area contributed by atoms with E-state index in [9.17, 15) is 19.5 Å². The zero-order valence-corrected chi connectivity index (χ0v) is 21.5. The summed E-state index contributed by atoms with van der Waals surface area (Å²) >= 11 is 0. The van der Waals surface area contributed by atoms with Crippen molar-refractivity contribution in [3.05, 3.63) is 72.7 Å². The van der Waals surface area contributed by atoms with Crippen molar-refractivity contribution in [2.24, 2.45) is 0 Å². The topological polar surface area (TPSA) is 104 Å². The van der Waals surface area contributed by atoms with Crippen LogP contribution >= 0.6 is 0 Å². The highest BCUT2D eigenvalue weighted by molar-refractivity contribution is 5.76. The van der Waals surface area contributed by atoms with Crippen LogP contribution in [0.1, 0.15) is 76.8 Å². The third-order valence-corrected chi connectivity index (χ3v) is 6.94. The van der Waals surface area contributed by atoms with Gasteiger partial charge in [-0.2, -0.15) is 4.98 Å². The minimum absolute atomic E-state index is 0.0909. The molecule has 0 spiro atoms. The van der Waals surface area contributed by atoms with Crippen LogP contribution < -0.4 is 16.8 Å². The molecule has 0 saturated heterocycles. The van der Waals surface area contributed by atoms with Gasteiger partial charge in [0.25, 0.3) is 11.1 Å². The smallest absolute Gasteiger partial charge is 0.332 e. The molecule has 9 heteroatoms. The summed E-state index contributed by atoms with van der Waals surface area (Å²) in [5.41, 5.74) is 0.0249. The lowest BCUT2D eigenvalue weighted by molar-refractivity contribution is 0.405. The Balaban J connectivity index is 2.18. The zero-order valence-electron chi connectivity index (χ0n) is 21.5. The zero-order chi connectivity index (χ0) is 26.0. The van der Waals surface area contributed by atoms with Crippen molar-refractivity contribution in [1.82, 2.24) is 23.1 Å². The van der Waals surface area contributed by atoms with Crippen LogP contribution in [0.15, 0.2) is 44.7 Å². The summed E-state index contributed by atoms with van der Waals surface area (Å²) in [5.74, 6) is -0.247. The molecule has 0 aliphatic heterocycles. The lowest BCUT2D eigenvalue weighted by Crippen LogP contribution is -2.41. The minimum atomic E-state index is -0.521. The van der Waals surface area contributed by atoms with Gasteiger partial charge in [-0.1, -0.05) is 70.9 Å². The standard InChI is InChI=1S/C27H35N5O4/c1-5-8-15-29-22-21(25(35)30(27(29)36)16-9-6-2)32-24(34)20(18(4)7-3)23(33)31(26(32)28-22)17-19-13-11-10-12-14-19/h10-14,18,33H,5-9,15-17H2,1-4H3. The highest BCUT2D eigenvalue weighted by Gasteiger charge is 2.27. The van der Waals surface area contributed by atoms with Gasteiger partial charge in [0.1, 0.15) is 0 Å². The second kappa shape index (κ2) is 10.6. The quantitative estimate of drug-likeness (QED) is 0.362. The highest BCUT2D eigenvalue weighted by Crippen LogP contribution is 2.28. The molecule has 0 radical (unpaired) electrons. The van der Waals surface area contributed by atoms with E-state index in [2.05, 4.69) is 4.98 Å². The maximum Gasteiger partial charge on any atom is 0.332 e. The van der Waals surface area contributed by atoms with Gasteiger partial charge < -0.3 is 5.11 Å². The minimum Gasteiger partial charge on any atom is -0.494 e. The molecule has 0 aliphatic rings. The first-order valence-electron chi connectivity index (χ1n) is 12.9. The third kappa shape index (κ3) is 4.27. The van der Waals surface area contributed by atoms with E-state index in [-0.39, 0.29) is 47.4 Å². The summed E-state index contributed by atoms with van der Waals surface area (Å²) in [6.07, 6.45) is 3.71. The van der Waals surface area contributed by atoms with E-state index >= 15 is 0 Å². The molecule has 0 aliphatic carbocycles. The van der Waals surface area contributed by atoms with Crippen LogP contribution in [0, 0.1) is 0 Å². The van der Waals surface area contributed by atoms with Crippen LogP contribution in [-0.2, 0) is 19.6 Å². The van der Waals surface area contributed by atoms with Crippen LogP contribution in [0.3, 0.4) is 0 Å². The molecule has 0 fully saturated rings. The van der Waals surface area contributed by atoms with Crippen molar-refractivity contribution >= 4 is 16.9 Å². The number of benzene rings is 1. The van der Waals surface area contributed by atoms with Gasteiger partial charge in [-0.05, 0) is 30.7 Å². The van der Waals surface area contributed by atoms with Crippen LogP contribution in [0.5, 0.6) is 5.88 Å². The average Bonchev–Trinajstić information content (AvgIpc) is 3.28. The molecule has 4 rings (SSSR count). The lowest BCUT2D eigenvalue weighted by atomic mass is 10.0. The van der Waals surface area contributed by atoms with Crippen molar-refractivity contribution < 1.29 is 5.11 Å². The van der Waals surface area contributed by atoms with Gasteiger partial charge in [0.15, 0.2) is 11.2 Å². The van der Waals surface area contributed by atoms with Crippen molar-refractivity contribution in [1.29, 1.82) is 0 Å². The summed E-state index contributed by atoms with van der Waals surface area (Å²) in [6.45, 7) is 8.77. The van der Waals surface area contributed by atoms with E-state index in [1.807, 2.05) is 58.0 Å². The predicted octanol–water partition coefficient (Wildman–Crippen LogP) is 3.84. The third-order valence-electron chi connectivity index (χ3n) is 6.94. The molecule has 9 nitrogen and oxygen atoms in total. The summed E-state index contributed by atoms with van der Waals surface area (Å²) in [4.78, 5) is 45.6. The number of rotatable bonds is 10. The highest BCUT2D eigenvalue weighted by atomic mass is 16.3. The van der Waals surface area contributed by atoms with Gasteiger partial charge in [-0.25, -0.2) is 9.20 Å². The molecule has 1 aromatic carbocycles. The lowest BCUT2D eigenvalue weighted by Gasteiger charge is -2.17. The molecule has 36 heavy (non-hydrogen) atoms. The average molecular weight is 494 g/mol.